The van der Waals surface area contributed by atoms with Crippen molar-refractivity contribution in [1.29, 1.82) is 0 Å². The minimum absolute atomic E-state index is 0.0382. The molecule has 0 fully saturated rings. The average molecular weight is 127 g/mol. The summed E-state index contributed by atoms with van der Waals surface area (Å²) < 4.78 is 0. The van der Waals surface area contributed by atoms with Gasteiger partial charge in [-0.3, -0.25) is 4.79 Å². The normalized spacial score (nSPS) is 10.7. The second kappa shape index (κ2) is 4.13. The van der Waals surface area contributed by atoms with Gasteiger partial charge in [0.05, 0.1) is 0 Å². The van der Waals surface area contributed by atoms with Crippen LogP contribution in [-0.2, 0) is 4.79 Å². The van der Waals surface area contributed by atoms with Crippen LogP contribution in [0.15, 0.2) is 12.2 Å². The van der Waals surface area contributed by atoms with Crippen LogP contribution < -0.4 is 5.32 Å². The molecule has 1 amide bonds. The third-order valence-electron chi connectivity index (χ3n) is 0.879. The molecule has 0 rings (SSSR count). The third kappa shape index (κ3) is 5.07. The first kappa shape index (κ1) is 8.21. The quantitative estimate of drug-likeness (QED) is 0.550. The third-order valence-corrected chi connectivity index (χ3v) is 0.879. The van der Waals surface area contributed by atoms with Crippen LogP contribution in [0.3, 0.4) is 0 Å². The SMILES string of the molecule is CNC(=O)/C=C/C(C)C. The number of amides is 1. The number of hydrogen-bond donors (Lipinski definition) is 1. The maximum Gasteiger partial charge on any atom is 0.243 e. The molecular formula is C7H13NO. The molecule has 0 spiro atoms. The minimum atomic E-state index is -0.0382. The molecule has 9 heavy (non-hydrogen) atoms. The molecule has 0 aromatic rings. The van der Waals surface area contributed by atoms with E-state index in [1.165, 1.54) is 0 Å². The Morgan fingerprint density at radius 1 is 1.56 bits per heavy atom. The zero-order valence-electron chi connectivity index (χ0n) is 6.14. The largest absolute Gasteiger partial charge is 0.356 e. The first-order chi connectivity index (χ1) is 4.16. The second-order valence-corrected chi connectivity index (χ2v) is 2.22. The van der Waals surface area contributed by atoms with E-state index in [2.05, 4.69) is 5.32 Å². The summed E-state index contributed by atoms with van der Waals surface area (Å²) in [4.78, 5) is 10.5. The maximum atomic E-state index is 10.5. The van der Waals surface area contributed by atoms with Crippen molar-refractivity contribution in [2.75, 3.05) is 7.05 Å². The van der Waals surface area contributed by atoms with Gasteiger partial charge in [-0.1, -0.05) is 19.9 Å². The lowest BCUT2D eigenvalue weighted by Crippen LogP contribution is -2.14. The predicted octanol–water partition coefficient (Wildman–Crippen LogP) is 0.945. The standard InChI is InChI=1S/C7H13NO/c1-6(2)4-5-7(9)8-3/h4-6H,1-3H3,(H,8,9)/b5-4+. The lowest BCUT2D eigenvalue weighted by molar-refractivity contribution is -0.116. The molecule has 0 saturated carbocycles. The summed E-state index contributed by atoms with van der Waals surface area (Å²) in [5.41, 5.74) is 0. The molecule has 0 saturated heterocycles. The van der Waals surface area contributed by atoms with Crippen LogP contribution in [0.1, 0.15) is 13.8 Å². The summed E-state index contributed by atoms with van der Waals surface area (Å²) in [6.45, 7) is 4.05. The Kier molecular flexibility index (Phi) is 3.76. The second-order valence-electron chi connectivity index (χ2n) is 2.22. The molecule has 0 aromatic heterocycles. The van der Waals surface area contributed by atoms with Crippen LogP contribution in [0.2, 0.25) is 0 Å². The van der Waals surface area contributed by atoms with Crippen LogP contribution in [0.4, 0.5) is 0 Å². The Morgan fingerprint density at radius 2 is 2.11 bits per heavy atom. The predicted molar refractivity (Wildman–Crippen MR) is 38.0 cm³/mol. The number of nitrogens with one attached hydrogen (secondary N) is 1. The summed E-state index contributed by atoms with van der Waals surface area (Å²) >= 11 is 0. The molecule has 1 N–H and O–H groups in total. The monoisotopic (exact) mass is 127 g/mol. The first-order valence-electron chi connectivity index (χ1n) is 3.06. The van der Waals surface area contributed by atoms with Gasteiger partial charge in [0.2, 0.25) is 5.91 Å². The van der Waals surface area contributed by atoms with E-state index < -0.39 is 0 Å². The lowest BCUT2D eigenvalue weighted by atomic mass is 10.2. The van der Waals surface area contributed by atoms with Crippen molar-refractivity contribution in [2.24, 2.45) is 5.92 Å². The summed E-state index contributed by atoms with van der Waals surface area (Å²) in [5, 5.41) is 2.49. The molecule has 2 nitrogen and oxygen atoms in total. The van der Waals surface area contributed by atoms with Crippen LogP contribution >= 0.6 is 0 Å². The van der Waals surface area contributed by atoms with Crippen molar-refractivity contribution in [3.05, 3.63) is 12.2 Å². The Morgan fingerprint density at radius 3 is 2.44 bits per heavy atom. The van der Waals surface area contributed by atoms with Crippen molar-refractivity contribution in [1.82, 2.24) is 5.32 Å². The Hall–Kier alpha value is -0.790. The van der Waals surface area contributed by atoms with E-state index in [1.54, 1.807) is 13.1 Å². The number of hydrogen-bond acceptors (Lipinski definition) is 1. The van der Waals surface area contributed by atoms with Gasteiger partial charge in [0.1, 0.15) is 0 Å². The number of carbonyl (C=O) groups excluding carboxylic acids is 1. The van der Waals surface area contributed by atoms with E-state index in [9.17, 15) is 4.79 Å². The molecule has 0 radical (unpaired) electrons. The van der Waals surface area contributed by atoms with Gasteiger partial charge in [0.15, 0.2) is 0 Å². The molecule has 2 heteroatoms. The van der Waals surface area contributed by atoms with E-state index in [4.69, 9.17) is 0 Å². The van der Waals surface area contributed by atoms with Gasteiger partial charge in [-0.2, -0.15) is 0 Å². The summed E-state index contributed by atoms with van der Waals surface area (Å²) in [6.07, 6.45) is 3.41. The van der Waals surface area contributed by atoms with Crippen molar-refractivity contribution in [2.45, 2.75) is 13.8 Å². The molecule has 0 bridgehead atoms. The van der Waals surface area contributed by atoms with Gasteiger partial charge < -0.3 is 5.32 Å². The molecule has 0 atom stereocenters. The fourth-order valence-electron chi connectivity index (χ4n) is 0.363. The molecule has 0 unspecified atom stereocenters. The van der Waals surface area contributed by atoms with Gasteiger partial charge in [0, 0.05) is 7.05 Å². The topological polar surface area (TPSA) is 29.1 Å². The Labute approximate surface area is 56.0 Å². The Bertz CT molecular complexity index is 116. The highest BCUT2D eigenvalue weighted by Gasteiger charge is 1.88. The van der Waals surface area contributed by atoms with Gasteiger partial charge in [-0.15, -0.1) is 0 Å². The smallest absolute Gasteiger partial charge is 0.243 e. The van der Waals surface area contributed by atoms with Gasteiger partial charge in [-0.05, 0) is 12.0 Å². The molecule has 0 aliphatic heterocycles. The number of carbonyl (C=O) groups is 1. The highest BCUT2D eigenvalue weighted by Crippen LogP contribution is 1.91. The maximum absolute atomic E-state index is 10.5. The average Bonchev–Trinajstić information content (AvgIpc) is 1.83. The van der Waals surface area contributed by atoms with Crippen LogP contribution in [0.5, 0.6) is 0 Å². The lowest BCUT2D eigenvalue weighted by Gasteiger charge is -1.92. The van der Waals surface area contributed by atoms with Crippen molar-refractivity contribution < 1.29 is 4.79 Å². The van der Waals surface area contributed by atoms with Crippen LogP contribution in [0.25, 0.3) is 0 Å². The first-order valence-corrected chi connectivity index (χ1v) is 3.06. The van der Waals surface area contributed by atoms with Crippen LogP contribution in [-0.4, -0.2) is 13.0 Å². The van der Waals surface area contributed by atoms with Crippen molar-refractivity contribution in [3.63, 3.8) is 0 Å². The summed E-state index contributed by atoms with van der Waals surface area (Å²) in [5.74, 6) is 0.408. The van der Waals surface area contributed by atoms with E-state index in [1.807, 2.05) is 19.9 Å². The molecule has 0 aliphatic carbocycles. The molecular weight excluding hydrogens is 114 g/mol. The van der Waals surface area contributed by atoms with E-state index in [0.29, 0.717) is 5.92 Å². The van der Waals surface area contributed by atoms with Crippen molar-refractivity contribution in [3.8, 4) is 0 Å². The number of allylic oxidation sites excluding steroid dienone is 1. The molecule has 0 heterocycles. The van der Waals surface area contributed by atoms with Gasteiger partial charge >= 0.3 is 0 Å². The molecule has 52 valence electrons. The molecule has 0 aliphatic rings. The van der Waals surface area contributed by atoms with E-state index in [-0.39, 0.29) is 5.91 Å². The fourth-order valence-corrected chi connectivity index (χ4v) is 0.363. The van der Waals surface area contributed by atoms with E-state index in [0.717, 1.165) is 0 Å². The minimum Gasteiger partial charge on any atom is -0.356 e. The highest BCUT2D eigenvalue weighted by atomic mass is 16.1. The van der Waals surface area contributed by atoms with Crippen LogP contribution in [0, 0.1) is 5.92 Å². The Balaban J connectivity index is 3.57. The fraction of sp³-hybridized carbons (Fsp3) is 0.571. The number of rotatable bonds is 2. The highest BCUT2D eigenvalue weighted by molar-refractivity contribution is 5.87. The zero-order chi connectivity index (χ0) is 7.28. The van der Waals surface area contributed by atoms with Gasteiger partial charge in [0.25, 0.3) is 0 Å². The van der Waals surface area contributed by atoms with E-state index >= 15 is 0 Å². The van der Waals surface area contributed by atoms with Gasteiger partial charge in [-0.25, -0.2) is 0 Å². The number of likely N-dealkylation sites (N-methyl/N-ethyl adjacent to an activating group) is 1. The van der Waals surface area contributed by atoms with Crippen molar-refractivity contribution >= 4 is 5.91 Å². The summed E-state index contributed by atoms with van der Waals surface area (Å²) in [7, 11) is 1.62. The zero-order valence-corrected chi connectivity index (χ0v) is 6.14. The molecule has 0 aromatic carbocycles. The summed E-state index contributed by atoms with van der Waals surface area (Å²) in [6, 6.07) is 0.